The van der Waals surface area contributed by atoms with E-state index >= 15 is 0 Å². The minimum Gasteiger partial charge on any atom is -0.394 e. The first-order valence-electron chi connectivity index (χ1n) is 14.7. The van der Waals surface area contributed by atoms with Crippen molar-refractivity contribution in [3.8, 4) is 0 Å². The molecule has 2 saturated heterocycles. The summed E-state index contributed by atoms with van der Waals surface area (Å²) in [5, 5.41) is 59.3. The van der Waals surface area contributed by atoms with E-state index in [0.29, 0.717) is 0 Å². The Morgan fingerprint density at radius 3 is 1.76 bits per heavy atom. The van der Waals surface area contributed by atoms with Gasteiger partial charge in [-0.3, -0.25) is 28.7 Å². The van der Waals surface area contributed by atoms with Crippen LogP contribution in [0.5, 0.6) is 0 Å². The lowest BCUT2D eigenvalue weighted by Gasteiger charge is -2.15. The maximum absolute atomic E-state index is 12.0. The van der Waals surface area contributed by atoms with E-state index in [-0.39, 0.29) is 42.9 Å². The third-order valence-electron chi connectivity index (χ3n) is 7.83. The molecule has 0 aromatic carbocycles. The van der Waals surface area contributed by atoms with E-state index in [1.807, 2.05) is 0 Å². The summed E-state index contributed by atoms with van der Waals surface area (Å²) in [7, 11) is 0. The highest BCUT2D eigenvalue weighted by Crippen LogP contribution is 2.28. The second-order valence-corrected chi connectivity index (χ2v) is 11.1. The van der Waals surface area contributed by atoms with Crippen LogP contribution in [-0.4, -0.2) is 106 Å². The van der Waals surface area contributed by atoms with Crippen LogP contribution in [0.3, 0.4) is 0 Å². The number of H-pyrrole nitrogens is 2. The summed E-state index contributed by atoms with van der Waals surface area (Å²) in [6, 6.07) is 0. The quantitative estimate of drug-likeness (QED) is 0.0693. The summed E-state index contributed by atoms with van der Waals surface area (Å²) >= 11 is 0. The molecule has 6 N–H and O–H groups in total. The van der Waals surface area contributed by atoms with Crippen molar-refractivity contribution < 1.29 is 39.7 Å². The van der Waals surface area contributed by atoms with Gasteiger partial charge in [-0.1, -0.05) is 4.98 Å². The summed E-state index contributed by atoms with van der Waals surface area (Å²) in [4.78, 5) is 79.6. The van der Waals surface area contributed by atoms with Gasteiger partial charge in [-0.15, -0.1) is 0 Å². The van der Waals surface area contributed by atoms with Crippen LogP contribution in [0.4, 0.5) is 11.8 Å². The molecule has 0 bridgehead atoms. The number of imidazole rings is 2. The number of rotatable bonds is 10. The summed E-state index contributed by atoms with van der Waals surface area (Å²) in [5.74, 6) is -0.803. The number of ether oxygens (including phenoxy) is 2. The third kappa shape index (κ3) is 7.64. The minimum atomic E-state index is -0.952. The SMILES string of the molecule is O=c1[nH]c(=O)n([C@H]2C[C@@H](O)[C@@H](CO)O2)cc1Cn1ccnc1[N+](=O)[O-].O=c1[nH]c(=O)n([C@H]2C[C@@H](O)[C@@H](CO)O2)cc1Cn1cnc([N+](=O)[O-])c1. The van der Waals surface area contributed by atoms with Crippen molar-refractivity contribution in [2.75, 3.05) is 13.2 Å². The summed E-state index contributed by atoms with van der Waals surface area (Å²) in [6.45, 7) is -1.04. The van der Waals surface area contributed by atoms with Crippen LogP contribution in [0.1, 0.15) is 36.4 Å². The van der Waals surface area contributed by atoms with Crippen molar-refractivity contribution in [2.24, 2.45) is 0 Å². The zero-order valence-corrected chi connectivity index (χ0v) is 25.6. The second kappa shape index (κ2) is 14.8. The predicted molar refractivity (Wildman–Crippen MR) is 162 cm³/mol. The van der Waals surface area contributed by atoms with Gasteiger partial charge >= 0.3 is 23.1 Å². The molecule has 6 atom stereocenters. The normalized spacial score (nSPS) is 23.0. The van der Waals surface area contributed by atoms with Crippen LogP contribution < -0.4 is 22.5 Å². The number of aliphatic hydroxyl groups excluding tert-OH is 4. The molecule has 24 nitrogen and oxygen atoms in total. The van der Waals surface area contributed by atoms with E-state index in [4.69, 9.17) is 19.7 Å². The highest BCUT2D eigenvalue weighted by Gasteiger charge is 2.36. The molecular formula is C26H30N10O14. The number of aromatic amines is 2. The maximum atomic E-state index is 12.0. The number of hydrogen-bond donors (Lipinski definition) is 6. The van der Waals surface area contributed by atoms with Gasteiger partial charge in [-0.05, 0) is 14.8 Å². The lowest BCUT2D eigenvalue weighted by atomic mass is 10.2. The molecule has 6 rings (SSSR count). The van der Waals surface area contributed by atoms with E-state index in [0.717, 1.165) is 19.9 Å². The molecule has 6 heterocycles. The number of nitro groups is 2. The molecule has 0 radical (unpaired) electrons. The van der Waals surface area contributed by atoms with E-state index in [9.17, 15) is 49.6 Å². The lowest BCUT2D eigenvalue weighted by molar-refractivity contribution is -0.396. The minimum absolute atomic E-state index is 0.0465. The van der Waals surface area contributed by atoms with Gasteiger partial charge in [0.25, 0.3) is 11.1 Å². The summed E-state index contributed by atoms with van der Waals surface area (Å²) in [6.07, 6.45) is 2.31. The zero-order chi connectivity index (χ0) is 36.3. The molecule has 4 aromatic rings. The Hall–Kier alpha value is -5.66. The number of nitrogens with zero attached hydrogens (tertiary/aromatic N) is 8. The molecule has 2 fully saturated rings. The number of hydrogen-bond acceptors (Lipinski definition) is 16. The molecule has 2 aliphatic heterocycles. The van der Waals surface area contributed by atoms with Crippen LogP contribution in [-0.2, 0) is 22.6 Å². The van der Waals surface area contributed by atoms with Crippen LogP contribution in [0.15, 0.2) is 56.5 Å². The first-order valence-corrected chi connectivity index (χ1v) is 14.7. The van der Waals surface area contributed by atoms with E-state index in [1.54, 1.807) is 0 Å². The van der Waals surface area contributed by atoms with Gasteiger partial charge < -0.3 is 54.7 Å². The van der Waals surface area contributed by atoms with Crippen LogP contribution in [0.2, 0.25) is 0 Å². The van der Waals surface area contributed by atoms with Gasteiger partial charge in [0.2, 0.25) is 6.33 Å². The fourth-order valence-electron chi connectivity index (χ4n) is 5.31. The summed E-state index contributed by atoms with van der Waals surface area (Å²) in [5.41, 5.74) is -2.58. The maximum Gasteiger partial charge on any atom is 0.434 e. The molecule has 0 spiro atoms. The third-order valence-corrected chi connectivity index (χ3v) is 7.83. The average Bonchev–Trinajstić information content (AvgIpc) is 3.87. The van der Waals surface area contributed by atoms with E-state index in [1.165, 1.54) is 35.7 Å². The van der Waals surface area contributed by atoms with Gasteiger partial charge in [-0.25, -0.2) is 14.2 Å². The first-order chi connectivity index (χ1) is 23.8. The Labute approximate surface area is 276 Å². The lowest BCUT2D eigenvalue weighted by Crippen LogP contribution is -2.34. The number of aliphatic hydroxyl groups is 4. The predicted octanol–water partition coefficient (Wildman–Crippen LogP) is -3.34. The molecule has 2 aliphatic rings. The fraction of sp³-hybridized carbons (Fsp3) is 0.462. The van der Waals surface area contributed by atoms with E-state index in [2.05, 4.69) is 19.9 Å². The Morgan fingerprint density at radius 2 is 1.32 bits per heavy atom. The fourth-order valence-corrected chi connectivity index (χ4v) is 5.31. The van der Waals surface area contributed by atoms with Crippen molar-refractivity contribution >= 4 is 11.8 Å². The number of aromatic nitrogens is 8. The zero-order valence-electron chi connectivity index (χ0n) is 25.6. The molecule has 0 unspecified atom stereocenters. The van der Waals surface area contributed by atoms with Crippen molar-refractivity contribution in [3.05, 3.63) is 110 Å². The van der Waals surface area contributed by atoms with Gasteiger partial charge in [-0.2, -0.15) is 0 Å². The molecule has 24 heteroatoms. The van der Waals surface area contributed by atoms with Crippen molar-refractivity contribution in [1.29, 1.82) is 0 Å². The van der Waals surface area contributed by atoms with Crippen LogP contribution in [0.25, 0.3) is 0 Å². The van der Waals surface area contributed by atoms with Gasteiger partial charge in [0.1, 0.15) is 49.8 Å². The molecule has 0 aliphatic carbocycles. The molecule has 0 saturated carbocycles. The monoisotopic (exact) mass is 706 g/mol. The molecule has 268 valence electrons. The standard InChI is InChI=1S/2C13H15N5O7/c19-5-9-8(20)1-11(25-9)17-3-7(12(21)15-13(17)22)2-16-4-10(14-6-16)18(23)24;19-6-9-8(20)3-10(25-9)17-5-7(11(21)15-13(17)22)4-16-2-1-14-12(16)18(23)24/h3-4,6,8-9,11,19-20H,1-2,5H2,(H,15,21,22);1-2,5,8-10,19-20H,3-4,6H2,(H,15,21,22)/t8-,9-,11-;8-,9-,10-/m11/s1. The highest BCUT2D eigenvalue weighted by molar-refractivity contribution is 5.15. The van der Waals surface area contributed by atoms with E-state index < -0.39 is 88.4 Å². The Kier molecular flexibility index (Phi) is 10.6. The van der Waals surface area contributed by atoms with Crippen molar-refractivity contribution in [3.63, 3.8) is 0 Å². The molecule has 0 amide bonds. The highest BCUT2D eigenvalue weighted by atomic mass is 16.6. The Bertz CT molecular complexity index is 2100. The van der Waals surface area contributed by atoms with Gasteiger partial charge in [0, 0.05) is 25.2 Å². The second-order valence-electron chi connectivity index (χ2n) is 11.1. The van der Waals surface area contributed by atoms with Gasteiger partial charge in [0.05, 0.1) is 43.1 Å². The summed E-state index contributed by atoms with van der Waals surface area (Å²) < 4.78 is 15.5. The average molecular weight is 707 g/mol. The molecule has 50 heavy (non-hydrogen) atoms. The molecular weight excluding hydrogens is 676 g/mol. The van der Waals surface area contributed by atoms with Crippen molar-refractivity contribution in [2.45, 2.75) is 62.8 Å². The van der Waals surface area contributed by atoms with Crippen LogP contribution >= 0.6 is 0 Å². The van der Waals surface area contributed by atoms with Crippen LogP contribution in [0, 0.1) is 20.2 Å². The largest absolute Gasteiger partial charge is 0.434 e. The Morgan fingerprint density at radius 1 is 0.800 bits per heavy atom. The number of nitrogens with one attached hydrogen (secondary N) is 2. The van der Waals surface area contributed by atoms with Gasteiger partial charge in [0.15, 0.2) is 0 Å². The first kappa shape index (κ1) is 35.6. The smallest absolute Gasteiger partial charge is 0.394 e. The topological polar surface area (TPSA) is 331 Å². The van der Waals surface area contributed by atoms with Crippen molar-refractivity contribution in [1.82, 2.24) is 38.2 Å². The molecule has 4 aromatic heterocycles. The Balaban J connectivity index is 0.000000194.